The summed E-state index contributed by atoms with van der Waals surface area (Å²) in [5, 5.41) is 2.66. The van der Waals surface area contributed by atoms with Gasteiger partial charge in [0.05, 0.1) is 26.3 Å². The topological polar surface area (TPSA) is 73.9 Å². The highest BCUT2D eigenvalue weighted by atomic mass is 16.5. The average Bonchev–Trinajstić information content (AvgIpc) is 2.38. The maximum Gasteiger partial charge on any atom is 0.309 e. The first-order valence-corrected chi connectivity index (χ1v) is 5.36. The molecule has 1 N–H and O–H groups in total. The van der Waals surface area contributed by atoms with E-state index in [1.807, 2.05) is 0 Å². The first-order valence-electron chi connectivity index (χ1n) is 5.36. The van der Waals surface area contributed by atoms with E-state index in [2.05, 4.69) is 10.1 Å². The summed E-state index contributed by atoms with van der Waals surface area (Å²) in [6.07, 6.45) is -0.980. The van der Waals surface area contributed by atoms with E-state index in [0.29, 0.717) is 17.2 Å². The Balaban J connectivity index is 2.18. The lowest BCUT2D eigenvalue weighted by Crippen LogP contribution is -2.38. The molecule has 1 atom stereocenters. The Bertz CT molecular complexity index is 485. The number of rotatable bonds is 3. The second-order valence-electron chi connectivity index (χ2n) is 3.74. The minimum Gasteiger partial charge on any atom is -0.497 e. The van der Waals surface area contributed by atoms with Crippen LogP contribution in [0.15, 0.2) is 18.2 Å². The van der Waals surface area contributed by atoms with Gasteiger partial charge in [0.25, 0.3) is 5.91 Å². The number of carbonyl (C=O) groups excluding carboxylic acids is 2. The SMILES string of the molecule is COC(=O)CC1Oc2ccc(OC)cc2NC1=O. The summed E-state index contributed by atoms with van der Waals surface area (Å²) in [6.45, 7) is 0. The number of amides is 1. The van der Waals surface area contributed by atoms with E-state index in [9.17, 15) is 9.59 Å². The molecule has 1 amide bonds. The summed E-state index contributed by atoms with van der Waals surface area (Å²) in [4.78, 5) is 22.9. The fraction of sp³-hybridized carbons (Fsp3) is 0.333. The molecule has 1 aliphatic heterocycles. The molecule has 0 spiro atoms. The van der Waals surface area contributed by atoms with Crippen LogP contribution in [-0.4, -0.2) is 32.2 Å². The third kappa shape index (κ3) is 2.37. The number of methoxy groups -OCH3 is 2. The van der Waals surface area contributed by atoms with Gasteiger partial charge in [-0.2, -0.15) is 0 Å². The summed E-state index contributed by atoms with van der Waals surface area (Å²) in [7, 11) is 2.80. The van der Waals surface area contributed by atoms with Gasteiger partial charge in [0, 0.05) is 6.07 Å². The van der Waals surface area contributed by atoms with Gasteiger partial charge in [-0.1, -0.05) is 0 Å². The fourth-order valence-electron chi connectivity index (χ4n) is 1.63. The zero-order valence-electron chi connectivity index (χ0n) is 10.1. The first-order chi connectivity index (χ1) is 8.63. The summed E-state index contributed by atoms with van der Waals surface area (Å²) in [5.74, 6) is 0.252. The van der Waals surface area contributed by atoms with Gasteiger partial charge in [-0.15, -0.1) is 0 Å². The third-order valence-electron chi connectivity index (χ3n) is 2.59. The van der Waals surface area contributed by atoms with Crippen molar-refractivity contribution in [1.82, 2.24) is 0 Å². The molecule has 1 aromatic rings. The second-order valence-corrected chi connectivity index (χ2v) is 3.74. The Morgan fingerprint density at radius 2 is 2.22 bits per heavy atom. The molecule has 1 unspecified atom stereocenters. The Hall–Kier alpha value is -2.24. The molecule has 1 aromatic carbocycles. The molecule has 6 heteroatoms. The Kier molecular flexibility index (Phi) is 3.36. The highest BCUT2D eigenvalue weighted by Crippen LogP contribution is 2.33. The quantitative estimate of drug-likeness (QED) is 0.810. The number of benzene rings is 1. The molecule has 1 aliphatic rings. The number of fused-ring (bicyclic) bond motifs is 1. The summed E-state index contributed by atoms with van der Waals surface area (Å²) in [6, 6.07) is 5.05. The summed E-state index contributed by atoms with van der Waals surface area (Å²) < 4.78 is 15.0. The molecule has 6 nitrogen and oxygen atoms in total. The number of hydrogen-bond donors (Lipinski definition) is 1. The van der Waals surface area contributed by atoms with Gasteiger partial charge < -0.3 is 19.5 Å². The van der Waals surface area contributed by atoms with Crippen LogP contribution in [0.3, 0.4) is 0 Å². The number of esters is 1. The smallest absolute Gasteiger partial charge is 0.309 e. The van der Waals surface area contributed by atoms with Crippen LogP contribution >= 0.6 is 0 Å². The van der Waals surface area contributed by atoms with Crippen LogP contribution in [0.5, 0.6) is 11.5 Å². The van der Waals surface area contributed by atoms with Gasteiger partial charge in [0.15, 0.2) is 6.10 Å². The lowest BCUT2D eigenvalue weighted by atomic mass is 10.1. The number of hydrogen-bond acceptors (Lipinski definition) is 5. The number of ether oxygens (including phenoxy) is 3. The van der Waals surface area contributed by atoms with Gasteiger partial charge in [-0.05, 0) is 12.1 Å². The molecule has 1 heterocycles. The van der Waals surface area contributed by atoms with Crippen molar-refractivity contribution in [3.8, 4) is 11.5 Å². The van der Waals surface area contributed by atoms with E-state index < -0.39 is 12.1 Å². The van der Waals surface area contributed by atoms with Crippen molar-refractivity contribution in [1.29, 1.82) is 0 Å². The van der Waals surface area contributed by atoms with Crippen LogP contribution in [0, 0.1) is 0 Å². The molecular weight excluding hydrogens is 238 g/mol. The first kappa shape index (κ1) is 12.2. The number of carbonyl (C=O) groups is 2. The van der Waals surface area contributed by atoms with E-state index in [0.717, 1.165) is 0 Å². The largest absolute Gasteiger partial charge is 0.497 e. The van der Waals surface area contributed by atoms with Crippen molar-refractivity contribution >= 4 is 17.6 Å². The lowest BCUT2D eigenvalue weighted by molar-refractivity contribution is -0.145. The van der Waals surface area contributed by atoms with E-state index >= 15 is 0 Å². The Labute approximate surface area is 104 Å². The molecular formula is C12H13NO5. The zero-order valence-corrected chi connectivity index (χ0v) is 10.1. The monoisotopic (exact) mass is 251 g/mol. The zero-order chi connectivity index (χ0) is 13.1. The van der Waals surface area contributed by atoms with Gasteiger partial charge in [-0.25, -0.2) is 0 Å². The fourth-order valence-corrected chi connectivity index (χ4v) is 1.63. The highest BCUT2D eigenvalue weighted by molar-refractivity contribution is 5.99. The number of nitrogens with one attached hydrogen (secondary N) is 1. The van der Waals surface area contributed by atoms with Crippen molar-refractivity contribution in [2.45, 2.75) is 12.5 Å². The molecule has 18 heavy (non-hydrogen) atoms. The molecule has 0 aromatic heterocycles. The molecule has 0 saturated carbocycles. The van der Waals surface area contributed by atoms with Gasteiger partial charge >= 0.3 is 5.97 Å². The molecule has 0 fully saturated rings. The molecule has 0 saturated heterocycles. The minimum atomic E-state index is -0.863. The average molecular weight is 251 g/mol. The van der Waals surface area contributed by atoms with E-state index in [1.54, 1.807) is 18.2 Å². The van der Waals surface area contributed by atoms with E-state index in [4.69, 9.17) is 9.47 Å². The van der Waals surface area contributed by atoms with Crippen LogP contribution in [0.25, 0.3) is 0 Å². The Morgan fingerprint density at radius 3 is 2.89 bits per heavy atom. The van der Waals surface area contributed by atoms with Crippen LogP contribution in [0.4, 0.5) is 5.69 Å². The molecule has 2 rings (SSSR count). The van der Waals surface area contributed by atoms with Crippen LogP contribution in [-0.2, 0) is 14.3 Å². The lowest BCUT2D eigenvalue weighted by Gasteiger charge is -2.25. The molecule has 0 bridgehead atoms. The van der Waals surface area contributed by atoms with E-state index in [1.165, 1.54) is 14.2 Å². The molecule has 0 radical (unpaired) electrons. The van der Waals surface area contributed by atoms with Crippen LogP contribution in [0.2, 0.25) is 0 Å². The van der Waals surface area contributed by atoms with Crippen LogP contribution < -0.4 is 14.8 Å². The van der Waals surface area contributed by atoms with Gasteiger partial charge in [-0.3, -0.25) is 9.59 Å². The molecule has 96 valence electrons. The predicted molar refractivity (Wildman–Crippen MR) is 62.7 cm³/mol. The predicted octanol–water partition coefficient (Wildman–Crippen LogP) is 0.958. The second kappa shape index (κ2) is 4.95. The minimum absolute atomic E-state index is 0.117. The Morgan fingerprint density at radius 1 is 1.44 bits per heavy atom. The van der Waals surface area contributed by atoms with Crippen molar-refractivity contribution in [2.75, 3.05) is 19.5 Å². The maximum atomic E-state index is 11.7. The summed E-state index contributed by atoms with van der Waals surface area (Å²) >= 11 is 0. The van der Waals surface area contributed by atoms with Gasteiger partial charge in [0.1, 0.15) is 11.5 Å². The van der Waals surface area contributed by atoms with Crippen molar-refractivity contribution in [3.63, 3.8) is 0 Å². The number of anilines is 1. The van der Waals surface area contributed by atoms with Crippen molar-refractivity contribution < 1.29 is 23.8 Å². The van der Waals surface area contributed by atoms with Gasteiger partial charge in [0.2, 0.25) is 0 Å². The van der Waals surface area contributed by atoms with Crippen molar-refractivity contribution in [2.24, 2.45) is 0 Å². The normalized spacial score (nSPS) is 17.2. The standard InChI is InChI=1S/C12H13NO5/c1-16-7-3-4-9-8(5-7)13-12(15)10(18-9)6-11(14)17-2/h3-5,10H,6H2,1-2H3,(H,13,15). The maximum absolute atomic E-state index is 11.7. The van der Waals surface area contributed by atoms with Crippen molar-refractivity contribution in [3.05, 3.63) is 18.2 Å². The van der Waals surface area contributed by atoms with E-state index in [-0.39, 0.29) is 12.3 Å². The highest BCUT2D eigenvalue weighted by Gasteiger charge is 2.30. The molecule has 0 aliphatic carbocycles. The third-order valence-corrected chi connectivity index (χ3v) is 2.59. The van der Waals surface area contributed by atoms with Crippen LogP contribution in [0.1, 0.15) is 6.42 Å². The summed E-state index contributed by atoms with van der Waals surface area (Å²) in [5.41, 5.74) is 0.528.